The molecule has 0 radical (unpaired) electrons. The Morgan fingerprint density at radius 2 is 1.95 bits per heavy atom. The van der Waals surface area contributed by atoms with Crippen molar-refractivity contribution in [3.05, 3.63) is 11.7 Å². The van der Waals surface area contributed by atoms with Gasteiger partial charge in [0.2, 0.25) is 5.89 Å². The predicted molar refractivity (Wildman–Crippen MR) is 75.7 cm³/mol. The van der Waals surface area contributed by atoms with E-state index in [9.17, 15) is 0 Å². The molecule has 1 aromatic heterocycles. The fraction of sp³-hybridized carbons (Fsp3) is 0.867. The normalized spacial score (nSPS) is 25.7. The Morgan fingerprint density at radius 3 is 2.53 bits per heavy atom. The quantitative estimate of drug-likeness (QED) is 0.879. The van der Waals surface area contributed by atoms with Crippen LogP contribution in [0.15, 0.2) is 4.52 Å². The van der Waals surface area contributed by atoms with Gasteiger partial charge in [0.1, 0.15) is 0 Å². The summed E-state index contributed by atoms with van der Waals surface area (Å²) < 4.78 is 5.35. The van der Waals surface area contributed by atoms with Crippen molar-refractivity contribution in [3.8, 4) is 0 Å². The topological polar surface area (TPSA) is 64.9 Å². The van der Waals surface area contributed by atoms with Crippen LogP contribution in [-0.2, 0) is 0 Å². The van der Waals surface area contributed by atoms with E-state index >= 15 is 0 Å². The number of rotatable bonds is 5. The van der Waals surface area contributed by atoms with Crippen LogP contribution in [0.1, 0.15) is 83.0 Å². The van der Waals surface area contributed by atoms with E-state index in [1.807, 2.05) is 0 Å². The minimum Gasteiger partial charge on any atom is -0.338 e. The van der Waals surface area contributed by atoms with Crippen LogP contribution in [0.2, 0.25) is 0 Å². The second-order valence-electron chi connectivity index (χ2n) is 6.35. The lowest BCUT2D eigenvalue weighted by molar-refractivity contribution is 0.299. The molecular weight excluding hydrogens is 238 g/mol. The summed E-state index contributed by atoms with van der Waals surface area (Å²) in [5.74, 6) is 3.41. The minimum atomic E-state index is -0.117. The smallest absolute Gasteiger partial charge is 0.243 e. The Labute approximate surface area is 116 Å². The molecule has 0 unspecified atom stereocenters. The lowest BCUT2D eigenvalue weighted by Crippen LogP contribution is -2.15. The number of hydrogen-bond donors (Lipinski definition) is 1. The van der Waals surface area contributed by atoms with Gasteiger partial charge in [0.15, 0.2) is 5.82 Å². The number of hydrogen-bond acceptors (Lipinski definition) is 4. The summed E-state index contributed by atoms with van der Waals surface area (Å²) in [5.41, 5.74) is 6.09. The van der Waals surface area contributed by atoms with Gasteiger partial charge in [-0.25, -0.2) is 0 Å². The fourth-order valence-corrected chi connectivity index (χ4v) is 3.00. The maximum atomic E-state index is 6.09. The molecule has 1 fully saturated rings. The number of aromatic nitrogens is 2. The Morgan fingerprint density at radius 1 is 1.26 bits per heavy atom. The van der Waals surface area contributed by atoms with E-state index in [1.54, 1.807) is 0 Å². The highest BCUT2D eigenvalue weighted by Crippen LogP contribution is 2.36. The Hall–Kier alpha value is -0.900. The zero-order valence-corrected chi connectivity index (χ0v) is 12.4. The third-order valence-electron chi connectivity index (χ3n) is 4.29. The number of nitrogens with two attached hydrogens (primary N) is 1. The summed E-state index contributed by atoms with van der Waals surface area (Å²) in [4.78, 5) is 4.53. The molecule has 1 saturated carbocycles. The van der Waals surface area contributed by atoms with Crippen molar-refractivity contribution < 1.29 is 4.52 Å². The zero-order chi connectivity index (χ0) is 13.8. The van der Waals surface area contributed by atoms with E-state index in [0.717, 1.165) is 18.2 Å². The molecule has 0 saturated heterocycles. The van der Waals surface area contributed by atoms with Crippen LogP contribution >= 0.6 is 0 Å². The standard InChI is InChI=1S/C15H27N3O/c1-4-11-5-7-12(8-6-11)14-17-15(19-18-14)13(16)9-10(2)3/h10-13H,4-9,16H2,1-3H3/t11?,12?,13-/m1/s1. The summed E-state index contributed by atoms with van der Waals surface area (Å²) in [6.07, 6.45) is 7.16. The molecule has 2 rings (SSSR count). The van der Waals surface area contributed by atoms with Gasteiger partial charge >= 0.3 is 0 Å². The van der Waals surface area contributed by atoms with Crippen molar-refractivity contribution in [2.45, 2.75) is 71.3 Å². The van der Waals surface area contributed by atoms with Gasteiger partial charge < -0.3 is 10.3 Å². The molecule has 0 bridgehead atoms. The molecule has 19 heavy (non-hydrogen) atoms. The van der Waals surface area contributed by atoms with Gasteiger partial charge in [-0.2, -0.15) is 4.98 Å². The van der Waals surface area contributed by atoms with Crippen LogP contribution in [0.5, 0.6) is 0 Å². The van der Waals surface area contributed by atoms with Crippen LogP contribution in [0.4, 0.5) is 0 Å². The highest BCUT2D eigenvalue weighted by molar-refractivity contribution is 5.00. The van der Waals surface area contributed by atoms with E-state index < -0.39 is 0 Å². The molecule has 1 heterocycles. The van der Waals surface area contributed by atoms with E-state index in [0.29, 0.717) is 17.7 Å². The Kier molecular flexibility index (Phi) is 4.97. The Bertz CT molecular complexity index is 380. The first-order valence-corrected chi connectivity index (χ1v) is 7.69. The third kappa shape index (κ3) is 3.78. The summed E-state index contributed by atoms with van der Waals surface area (Å²) in [5, 5.41) is 4.15. The van der Waals surface area contributed by atoms with Crippen molar-refractivity contribution >= 4 is 0 Å². The van der Waals surface area contributed by atoms with Crippen LogP contribution in [0, 0.1) is 11.8 Å². The summed E-state index contributed by atoms with van der Waals surface area (Å²) in [6, 6.07) is -0.117. The molecule has 0 spiro atoms. The molecule has 4 nitrogen and oxygen atoms in total. The molecule has 1 aliphatic carbocycles. The highest BCUT2D eigenvalue weighted by atomic mass is 16.5. The SMILES string of the molecule is CCC1CCC(c2noc([C@H](N)CC(C)C)n2)CC1. The van der Waals surface area contributed by atoms with Gasteiger partial charge in [-0.05, 0) is 43.9 Å². The van der Waals surface area contributed by atoms with E-state index in [2.05, 4.69) is 30.9 Å². The first-order valence-electron chi connectivity index (χ1n) is 7.69. The molecule has 0 aliphatic heterocycles. The lowest BCUT2D eigenvalue weighted by Gasteiger charge is -2.25. The summed E-state index contributed by atoms with van der Waals surface area (Å²) in [7, 11) is 0. The monoisotopic (exact) mass is 265 g/mol. The van der Waals surface area contributed by atoms with E-state index in [4.69, 9.17) is 10.3 Å². The fourth-order valence-electron chi connectivity index (χ4n) is 3.00. The maximum Gasteiger partial charge on any atom is 0.243 e. The minimum absolute atomic E-state index is 0.117. The second-order valence-corrected chi connectivity index (χ2v) is 6.35. The van der Waals surface area contributed by atoms with Crippen molar-refractivity contribution in [2.75, 3.05) is 0 Å². The molecule has 0 aromatic carbocycles. The number of nitrogens with zero attached hydrogens (tertiary/aromatic N) is 2. The van der Waals surface area contributed by atoms with Crippen molar-refractivity contribution in [2.24, 2.45) is 17.6 Å². The predicted octanol–water partition coefficient (Wildman–Crippen LogP) is 3.80. The second kappa shape index (κ2) is 6.51. The van der Waals surface area contributed by atoms with E-state index in [-0.39, 0.29) is 6.04 Å². The summed E-state index contributed by atoms with van der Waals surface area (Å²) in [6.45, 7) is 6.59. The molecule has 4 heteroatoms. The first kappa shape index (κ1) is 14.5. The van der Waals surface area contributed by atoms with Crippen molar-refractivity contribution in [1.82, 2.24) is 10.1 Å². The van der Waals surface area contributed by atoms with Gasteiger partial charge in [-0.1, -0.05) is 32.3 Å². The molecular formula is C15H27N3O. The molecule has 1 aliphatic rings. The van der Waals surface area contributed by atoms with Crippen LogP contribution in [0.3, 0.4) is 0 Å². The van der Waals surface area contributed by atoms with Crippen LogP contribution in [-0.4, -0.2) is 10.1 Å². The average molecular weight is 265 g/mol. The highest BCUT2D eigenvalue weighted by Gasteiger charge is 2.26. The average Bonchev–Trinajstić information content (AvgIpc) is 2.88. The van der Waals surface area contributed by atoms with Crippen molar-refractivity contribution in [3.63, 3.8) is 0 Å². The zero-order valence-electron chi connectivity index (χ0n) is 12.4. The largest absolute Gasteiger partial charge is 0.338 e. The molecule has 0 amide bonds. The van der Waals surface area contributed by atoms with E-state index in [1.165, 1.54) is 32.1 Å². The maximum absolute atomic E-state index is 6.09. The van der Waals surface area contributed by atoms with Gasteiger partial charge in [0, 0.05) is 5.92 Å². The van der Waals surface area contributed by atoms with Crippen molar-refractivity contribution in [1.29, 1.82) is 0 Å². The van der Waals surface area contributed by atoms with Crippen LogP contribution in [0.25, 0.3) is 0 Å². The molecule has 1 atom stereocenters. The first-order chi connectivity index (χ1) is 9.10. The lowest BCUT2D eigenvalue weighted by atomic mass is 9.80. The van der Waals surface area contributed by atoms with Crippen LogP contribution < -0.4 is 5.73 Å². The molecule has 108 valence electrons. The van der Waals surface area contributed by atoms with Gasteiger partial charge in [0.05, 0.1) is 6.04 Å². The van der Waals surface area contributed by atoms with Gasteiger partial charge in [-0.15, -0.1) is 0 Å². The molecule has 1 aromatic rings. The van der Waals surface area contributed by atoms with Gasteiger partial charge in [0.25, 0.3) is 0 Å². The third-order valence-corrected chi connectivity index (χ3v) is 4.29. The summed E-state index contributed by atoms with van der Waals surface area (Å²) >= 11 is 0. The molecule has 2 N–H and O–H groups in total. The Balaban J connectivity index is 1.94. The van der Waals surface area contributed by atoms with Gasteiger partial charge in [-0.3, -0.25) is 0 Å².